The maximum absolute atomic E-state index is 10.6. The number of rotatable bonds is 0. The quantitative estimate of drug-likeness (QED) is 0.451. The van der Waals surface area contributed by atoms with Crippen LogP contribution in [0.3, 0.4) is 0 Å². The van der Waals surface area contributed by atoms with Crippen molar-refractivity contribution in [3.8, 4) is 0 Å². The standard InChI is InChI=1S/C5H4BrClO2/c1-2-3(7)4(6)9-5(2)8/h4H,1H3/t4-/m0/s1. The lowest BCUT2D eigenvalue weighted by molar-refractivity contribution is -0.136. The van der Waals surface area contributed by atoms with E-state index in [1.807, 2.05) is 0 Å². The Kier molecular flexibility index (Phi) is 1.82. The largest absolute Gasteiger partial charge is 0.441 e. The molecule has 1 rings (SSSR count). The Morgan fingerprint density at radius 1 is 1.78 bits per heavy atom. The fraction of sp³-hybridized carbons (Fsp3) is 0.400. The molecule has 0 fully saturated rings. The number of hydrogen-bond donors (Lipinski definition) is 0. The van der Waals surface area contributed by atoms with Crippen LogP contribution < -0.4 is 0 Å². The molecule has 0 unspecified atom stereocenters. The molecule has 0 spiro atoms. The summed E-state index contributed by atoms with van der Waals surface area (Å²) < 4.78 is 4.66. The Bertz CT molecular complexity index is 187. The summed E-state index contributed by atoms with van der Waals surface area (Å²) in [5, 5.41) is 0.0201. The molecule has 0 saturated carbocycles. The van der Waals surface area contributed by atoms with Crippen molar-refractivity contribution in [1.82, 2.24) is 0 Å². The highest BCUT2D eigenvalue weighted by Gasteiger charge is 2.27. The van der Waals surface area contributed by atoms with Gasteiger partial charge in [0.05, 0.1) is 10.6 Å². The summed E-state index contributed by atoms with van der Waals surface area (Å²) in [7, 11) is 0. The Hall–Kier alpha value is -0.0200. The van der Waals surface area contributed by atoms with Gasteiger partial charge >= 0.3 is 5.97 Å². The van der Waals surface area contributed by atoms with Crippen LogP contribution in [0, 0.1) is 0 Å². The van der Waals surface area contributed by atoms with E-state index < -0.39 is 5.01 Å². The van der Waals surface area contributed by atoms with E-state index in [-0.39, 0.29) is 5.97 Å². The van der Waals surface area contributed by atoms with E-state index in [0.29, 0.717) is 10.6 Å². The SMILES string of the molecule is CC1=C(Cl)[C@@H](Br)OC1=O. The predicted molar refractivity (Wildman–Crippen MR) is 37.4 cm³/mol. The number of alkyl halides is 1. The third-order valence-electron chi connectivity index (χ3n) is 1.07. The summed E-state index contributed by atoms with van der Waals surface area (Å²) in [6, 6.07) is 0. The Morgan fingerprint density at radius 3 is 2.44 bits per heavy atom. The van der Waals surface area contributed by atoms with Crippen molar-refractivity contribution in [1.29, 1.82) is 0 Å². The van der Waals surface area contributed by atoms with Gasteiger partial charge in [-0.1, -0.05) is 11.6 Å². The third-order valence-corrected chi connectivity index (χ3v) is 2.46. The van der Waals surface area contributed by atoms with Crippen LogP contribution in [0.2, 0.25) is 0 Å². The van der Waals surface area contributed by atoms with Gasteiger partial charge in [-0.25, -0.2) is 4.79 Å². The van der Waals surface area contributed by atoms with Crippen LogP contribution in [-0.4, -0.2) is 11.0 Å². The van der Waals surface area contributed by atoms with Gasteiger partial charge in [-0.15, -0.1) is 0 Å². The van der Waals surface area contributed by atoms with Gasteiger partial charge in [0.25, 0.3) is 0 Å². The van der Waals surface area contributed by atoms with Crippen molar-refractivity contribution in [2.45, 2.75) is 11.9 Å². The summed E-state index contributed by atoms with van der Waals surface area (Å²) in [5.41, 5.74) is 0.485. The number of hydrogen-bond acceptors (Lipinski definition) is 2. The van der Waals surface area contributed by atoms with Gasteiger partial charge in [0.15, 0.2) is 5.01 Å². The number of carbonyl (C=O) groups is 1. The molecule has 0 radical (unpaired) electrons. The zero-order valence-corrected chi connectivity index (χ0v) is 6.99. The van der Waals surface area contributed by atoms with Crippen LogP contribution in [0.4, 0.5) is 0 Å². The number of ether oxygens (including phenoxy) is 1. The Labute approximate surface area is 65.9 Å². The maximum Gasteiger partial charge on any atom is 0.336 e. The molecule has 0 amide bonds. The van der Waals surface area contributed by atoms with Gasteiger partial charge in [0.1, 0.15) is 0 Å². The van der Waals surface area contributed by atoms with Gasteiger partial charge in [-0.3, -0.25) is 0 Å². The number of esters is 1. The minimum atomic E-state index is -0.424. The van der Waals surface area contributed by atoms with Crippen molar-refractivity contribution in [2.75, 3.05) is 0 Å². The lowest BCUT2D eigenvalue weighted by Crippen LogP contribution is -2.00. The molecule has 9 heavy (non-hydrogen) atoms. The summed E-state index contributed by atoms with van der Waals surface area (Å²) >= 11 is 8.65. The van der Waals surface area contributed by atoms with E-state index in [4.69, 9.17) is 11.6 Å². The zero-order valence-electron chi connectivity index (χ0n) is 4.65. The van der Waals surface area contributed by atoms with E-state index >= 15 is 0 Å². The van der Waals surface area contributed by atoms with Crippen LogP contribution in [0.15, 0.2) is 10.6 Å². The molecular formula is C5H4BrClO2. The number of cyclic esters (lactones) is 1. The van der Waals surface area contributed by atoms with E-state index in [2.05, 4.69) is 20.7 Å². The highest BCUT2D eigenvalue weighted by atomic mass is 79.9. The van der Waals surface area contributed by atoms with E-state index in [9.17, 15) is 4.79 Å². The Morgan fingerprint density at radius 2 is 2.33 bits per heavy atom. The first-order valence-corrected chi connectivity index (χ1v) is 3.63. The van der Waals surface area contributed by atoms with Crippen molar-refractivity contribution in [3.63, 3.8) is 0 Å². The molecule has 1 atom stereocenters. The zero-order chi connectivity index (χ0) is 7.02. The summed E-state index contributed by atoms with van der Waals surface area (Å²) in [5.74, 6) is -0.345. The van der Waals surface area contributed by atoms with Crippen LogP contribution in [-0.2, 0) is 9.53 Å². The molecule has 0 aliphatic carbocycles. The fourth-order valence-corrected chi connectivity index (χ4v) is 1.14. The molecule has 50 valence electrons. The molecule has 0 N–H and O–H groups in total. The molecule has 1 heterocycles. The van der Waals surface area contributed by atoms with Gasteiger partial charge in [-0.05, 0) is 22.9 Å². The van der Waals surface area contributed by atoms with Crippen LogP contribution in [0.25, 0.3) is 0 Å². The first kappa shape index (κ1) is 7.09. The van der Waals surface area contributed by atoms with Crippen molar-refractivity contribution < 1.29 is 9.53 Å². The summed E-state index contributed by atoms with van der Waals surface area (Å²) in [6.45, 7) is 1.63. The highest BCUT2D eigenvalue weighted by molar-refractivity contribution is 9.09. The molecule has 1 aliphatic rings. The second-order valence-corrected chi connectivity index (χ2v) is 2.93. The van der Waals surface area contributed by atoms with Crippen molar-refractivity contribution >= 4 is 33.5 Å². The van der Waals surface area contributed by atoms with Crippen molar-refractivity contribution in [2.24, 2.45) is 0 Å². The minimum absolute atomic E-state index is 0.345. The second-order valence-electron chi connectivity index (χ2n) is 1.69. The molecule has 0 saturated heterocycles. The van der Waals surface area contributed by atoms with Gasteiger partial charge in [0.2, 0.25) is 0 Å². The molecule has 0 aromatic heterocycles. The van der Waals surface area contributed by atoms with Crippen LogP contribution in [0.1, 0.15) is 6.92 Å². The minimum Gasteiger partial charge on any atom is -0.441 e. The van der Waals surface area contributed by atoms with E-state index in [0.717, 1.165) is 0 Å². The third kappa shape index (κ3) is 1.12. The molecular weight excluding hydrogens is 207 g/mol. The van der Waals surface area contributed by atoms with Gasteiger partial charge in [-0.2, -0.15) is 0 Å². The Balaban J connectivity index is 2.92. The average molecular weight is 211 g/mol. The predicted octanol–water partition coefficient (Wildman–Crippen LogP) is 1.78. The molecule has 0 aromatic rings. The molecule has 0 aromatic carbocycles. The highest BCUT2D eigenvalue weighted by Crippen LogP contribution is 2.28. The van der Waals surface area contributed by atoms with Crippen molar-refractivity contribution in [3.05, 3.63) is 10.6 Å². The summed E-state index contributed by atoms with van der Waals surface area (Å²) in [4.78, 5) is 10.6. The monoisotopic (exact) mass is 210 g/mol. The normalized spacial score (nSPS) is 27.0. The van der Waals surface area contributed by atoms with Crippen LogP contribution >= 0.6 is 27.5 Å². The first-order valence-electron chi connectivity index (χ1n) is 2.34. The number of carbonyl (C=O) groups excluding carboxylic acids is 1. The first-order chi connectivity index (χ1) is 4.13. The molecule has 2 nitrogen and oxygen atoms in total. The van der Waals surface area contributed by atoms with E-state index in [1.54, 1.807) is 6.92 Å². The van der Waals surface area contributed by atoms with E-state index in [1.165, 1.54) is 0 Å². The van der Waals surface area contributed by atoms with Crippen LogP contribution in [0.5, 0.6) is 0 Å². The lowest BCUT2D eigenvalue weighted by atomic mass is 10.3. The maximum atomic E-state index is 10.6. The smallest absolute Gasteiger partial charge is 0.336 e. The average Bonchev–Trinajstić information content (AvgIpc) is 1.98. The van der Waals surface area contributed by atoms with Gasteiger partial charge in [0, 0.05) is 0 Å². The fourth-order valence-electron chi connectivity index (χ4n) is 0.502. The second kappa shape index (κ2) is 2.31. The molecule has 1 aliphatic heterocycles. The lowest BCUT2D eigenvalue weighted by Gasteiger charge is -1.96. The summed E-state index contributed by atoms with van der Waals surface area (Å²) in [6.07, 6.45) is 0. The molecule has 4 heteroatoms. The topological polar surface area (TPSA) is 26.3 Å². The molecule has 0 bridgehead atoms. The number of halogens is 2. The van der Waals surface area contributed by atoms with Gasteiger partial charge < -0.3 is 4.74 Å².